The number of carbonyl (C=O) groups is 2. The van der Waals surface area contributed by atoms with Crippen molar-refractivity contribution >= 4 is 50.7 Å². The van der Waals surface area contributed by atoms with Crippen LogP contribution in [0.3, 0.4) is 0 Å². The van der Waals surface area contributed by atoms with Gasteiger partial charge in [0.25, 0.3) is 0 Å². The fourth-order valence-corrected chi connectivity index (χ4v) is 4.95. The van der Waals surface area contributed by atoms with Crippen LogP contribution in [0.25, 0.3) is 0 Å². The van der Waals surface area contributed by atoms with E-state index < -0.39 is 28.5 Å². The van der Waals surface area contributed by atoms with Gasteiger partial charge in [-0.1, -0.05) is 62.2 Å². The Morgan fingerprint density at radius 3 is 2.03 bits per heavy atom. The number of nitrogens with zero attached hydrogens (tertiary/aromatic N) is 2. The van der Waals surface area contributed by atoms with Crippen LogP contribution in [0.4, 0.5) is 5.69 Å². The normalized spacial score (nSPS) is 12.4. The van der Waals surface area contributed by atoms with E-state index in [-0.39, 0.29) is 18.4 Å². The molecule has 2 aromatic carbocycles. The van der Waals surface area contributed by atoms with Gasteiger partial charge in [0.15, 0.2) is 0 Å². The van der Waals surface area contributed by atoms with Crippen molar-refractivity contribution in [1.29, 1.82) is 0 Å². The summed E-state index contributed by atoms with van der Waals surface area (Å²) in [4.78, 5) is 27.5. The standard InChI is InChI=1S/C24H31Cl2N3O4S/c1-6-22(24(31)27-4)28(14-19-20(25)8-7-9-21(19)26)23(30)15-29(34(5,32)33)18-12-10-17(11-13-18)16(2)3/h7-13,16,22H,6,14-15H2,1-5H3,(H,27,31)/t22-/m1/s1. The molecule has 0 heterocycles. The van der Waals surface area contributed by atoms with Crippen LogP contribution in [0.5, 0.6) is 0 Å². The molecule has 0 saturated heterocycles. The van der Waals surface area contributed by atoms with Crippen LogP contribution in [-0.2, 0) is 26.2 Å². The first-order valence-electron chi connectivity index (χ1n) is 10.9. The quantitative estimate of drug-likeness (QED) is 0.494. The molecule has 0 aliphatic rings. The smallest absolute Gasteiger partial charge is 0.244 e. The minimum Gasteiger partial charge on any atom is -0.357 e. The number of halogens is 2. The molecule has 0 aliphatic heterocycles. The molecule has 186 valence electrons. The largest absolute Gasteiger partial charge is 0.357 e. The van der Waals surface area contributed by atoms with Gasteiger partial charge in [-0.05, 0) is 42.2 Å². The van der Waals surface area contributed by atoms with Crippen LogP contribution in [0.15, 0.2) is 42.5 Å². The van der Waals surface area contributed by atoms with E-state index >= 15 is 0 Å². The molecule has 0 fully saturated rings. The molecule has 34 heavy (non-hydrogen) atoms. The fourth-order valence-electron chi connectivity index (χ4n) is 3.58. The molecule has 2 aromatic rings. The molecule has 0 aliphatic carbocycles. The predicted molar refractivity (Wildman–Crippen MR) is 138 cm³/mol. The van der Waals surface area contributed by atoms with Crippen molar-refractivity contribution in [2.45, 2.75) is 45.7 Å². The molecule has 0 spiro atoms. The molecule has 0 radical (unpaired) electrons. The Labute approximate surface area is 212 Å². The second-order valence-electron chi connectivity index (χ2n) is 8.28. The maximum Gasteiger partial charge on any atom is 0.244 e. The number of rotatable bonds is 10. The summed E-state index contributed by atoms with van der Waals surface area (Å²) in [5, 5.41) is 3.26. The SMILES string of the molecule is CC[C@H](C(=O)NC)N(Cc1c(Cl)cccc1Cl)C(=O)CN(c1ccc(C(C)C)cc1)S(C)(=O)=O. The van der Waals surface area contributed by atoms with Crippen molar-refractivity contribution in [2.75, 3.05) is 24.2 Å². The van der Waals surface area contributed by atoms with E-state index in [0.29, 0.717) is 27.7 Å². The highest BCUT2D eigenvalue weighted by Crippen LogP contribution is 2.28. The summed E-state index contributed by atoms with van der Waals surface area (Å²) >= 11 is 12.6. The van der Waals surface area contributed by atoms with Gasteiger partial charge in [-0.2, -0.15) is 0 Å². The Hall–Kier alpha value is -2.29. The first-order valence-corrected chi connectivity index (χ1v) is 13.5. The van der Waals surface area contributed by atoms with E-state index in [1.807, 2.05) is 26.0 Å². The average molecular weight is 529 g/mol. The first kappa shape index (κ1) is 28.0. The van der Waals surface area contributed by atoms with E-state index in [1.54, 1.807) is 37.3 Å². The second kappa shape index (κ2) is 11.9. The Balaban J connectivity index is 2.47. The van der Waals surface area contributed by atoms with Gasteiger partial charge >= 0.3 is 0 Å². The molecule has 7 nitrogen and oxygen atoms in total. The van der Waals surface area contributed by atoms with Crippen molar-refractivity contribution < 1.29 is 18.0 Å². The van der Waals surface area contributed by atoms with Crippen LogP contribution in [0.2, 0.25) is 10.0 Å². The molecule has 0 bridgehead atoms. The first-order chi connectivity index (χ1) is 15.9. The molecular weight excluding hydrogens is 497 g/mol. The zero-order valence-electron chi connectivity index (χ0n) is 20.0. The molecule has 0 aromatic heterocycles. The van der Waals surface area contributed by atoms with Crippen LogP contribution in [0, 0.1) is 0 Å². The topological polar surface area (TPSA) is 86.8 Å². The third-order valence-electron chi connectivity index (χ3n) is 5.55. The van der Waals surface area contributed by atoms with Crippen molar-refractivity contribution in [3.8, 4) is 0 Å². The van der Waals surface area contributed by atoms with E-state index in [2.05, 4.69) is 5.32 Å². The summed E-state index contributed by atoms with van der Waals surface area (Å²) in [6.45, 7) is 5.32. The number of hydrogen-bond acceptors (Lipinski definition) is 4. The number of sulfonamides is 1. The zero-order valence-corrected chi connectivity index (χ0v) is 22.3. The van der Waals surface area contributed by atoms with E-state index in [0.717, 1.165) is 16.1 Å². The van der Waals surface area contributed by atoms with E-state index in [9.17, 15) is 18.0 Å². The van der Waals surface area contributed by atoms with Gasteiger partial charge in [0.1, 0.15) is 12.6 Å². The highest BCUT2D eigenvalue weighted by atomic mass is 35.5. The summed E-state index contributed by atoms with van der Waals surface area (Å²) in [5.74, 6) is -0.646. The van der Waals surface area contributed by atoms with Crippen LogP contribution >= 0.6 is 23.2 Å². The minimum atomic E-state index is -3.79. The number of carbonyl (C=O) groups excluding carboxylic acids is 2. The monoisotopic (exact) mass is 527 g/mol. The number of hydrogen-bond donors (Lipinski definition) is 1. The van der Waals surface area contributed by atoms with E-state index in [4.69, 9.17) is 23.2 Å². The number of anilines is 1. The lowest BCUT2D eigenvalue weighted by atomic mass is 10.0. The molecule has 10 heteroatoms. The summed E-state index contributed by atoms with van der Waals surface area (Å²) in [6.07, 6.45) is 1.36. The molecular formula is C24H31Cl2N3O4S. The van der Waals surface area contributed by atoms with Crippen molar-refractivity contribution in [2.24, 2.45) is 0 Å². The Bertz CT molecular complexity index is 1100. The van der Waals surface area contributed by atoms with Gasteiger partial charge < -0.3 is 10.2 Å². The summed E-state index contributed by atoms with van der Waals surface area (Å²) in [6, 6.07) is 11.2. The zero-order chi connectivity index (χ0) is 25.6. The third-order valence-corrected chi connectivity index (χ3v) is 7.40. The van der Waals surface area contributed by atoms with E-state index in [1.165, 1.54) is 11.9 Å². The van der Waals surface area contributed by atoms with Crippen molar-refractivity contribution in [1.82, 2.24) is 10.2 Å². The lowest BCUT2D eigenvalue weighted by molar-refractivity contribution is -0.140. The van der Waals surface area contributed by atoms with Gasteiger partial charge in [0, 0.05) is 29.2 Å². The van der Waals surface area contributed by atoms with Gasteiger partial charge in [-0.25, -0.2) is 8.42 Å². The van der Waals surface area contributed by atoms with Gasteiger partial charge in [-0.3, -0.25) is 13.9 Å². The van der Waals surface area contributed by atoms with Crippen LogP contribution in [0.1, 0.15) is 44.2 Å². The summed E-state index contributed by atoms with van der Waals surface area (Å²) < 4.78 is 26.3. The number of benzene rings is 2. The Morgan fingerprint density at radius 1 is 1.03 bits per heavy atom. The highest BCUT2D eigenvalue weighted by Gasteiger charge is 2.32. The second-order valence-corrected chi connectivity index (χ2v) is 11.0. The minimum absolute atomic E-state index is 0.0485. The maximum atomic E-state index is 13.6. The van der Waals surface area contributed by atoms with Crippen LogP contribution in [-0.4, -0.2) is 51.0 Å². The fraction of sp³-hybridized carbons (Fsp3) is 0.417. The Kier molecular flexibility index (Phi) is 9.79. The lowest BCUT2D eigenvalue weighted by Gasteiger charge is -2.33. The van der Waals surface area contributed by atoms with Crippen LogP contribution < -0.4 is 9.62 Å². The lowest BCUT2D eigenvalue weighted by Crippen LogP contribution is -2.51. The molecule has 2 amide bonds. The molecule has 1 atom stereocenters. The van der Waals surface area contributed by atoms with Gasteiger partial charge in [-0.15, -0.1) is 0 Å². The summed E-state index contributed by atoms with van der Waals surface area (Å²) in [5.41, 5.74) is 1.89. The summed E-state index contributed by atoms with van der Waals surface area (Å²) in [7, 11) is -2.31. The van der Waals surface area contributed by atoms with Crippen molar-refractivity contribution in [3.63, 3.8) is 0 Å². The molecule has 0 saturated carbocycles. The van der Waals surface area contributed by atoms with Gasteiger partial charge in [0.2, 0.25) is 21.8 Å². The van der Waals surface area contributed by atoms with Gasteiger partial charge in [0.05, 0.1) is 11.9 Å². The molecule has 2 rings (SSSR count). The number of nitrogens with one attached hydrogen (secondary N) is 1. The average Bonchev–Trinajstić information content (AvgIpc) is 2.78. The number of amides is 2. The Morgan fingerprint density at radius 2 is 1.59 bits per heavy atom. The maximum absolute atomic E-state index is 13.6. The number of likely N-dealkylation sites (N-methyl/N-ethyl adjacent to an activating group) is 1. The molecule has 0 unspecified atom stereocenters. The predicted octanol–water partition coefficient (Wildman–Crippen LogP) is 4.44. The van der Waals surface area contributed by atoms with Crippen molar-refractivity contribution in [3.05, 3.63) is 63.6 Å². The molecule has 1 N–H and O–H groups in total. The third kappa shape index (κ3) is 6.87. The highest BCUT2D eigenvalue weighted by molar-refractivity contribution is 7.92.